The summed E-state index contributed by atoms with van der Waals surface area (Å²) in [6, 6.07) is 13.5. The molecule has 34 heavy (non-hydrogen) atoms. The molecule has 2 fully saturated rings. The number of nitrogens with zero attached hydrogens (tertiary/aromatic N) is 5. The molecule has 1 saturated heterocycles. The van der Waals surface area contributed by atoms with Crippen LogP contribution in [0.15, 0.2) is 48.8 Å². The highest BCUT2D eigenvalue weighted by Gasteiger charge is 2.40. The number of methoxy groups -OCH3 is 1. The first-order valence-electron chi connectivity index (χ1n) is 11.8. The quantitative estimate of drug-likeness (QED) is 0.577. The highest BCUT2D eigenvalue weighted by molar-refractivity contribution is 5.96. The van der Waals surface area contributed by atoms with Crippen LogP contribution in [0.2, 0.25) is 0 Å². The first-order chi connectivity index (χ1) is 16.7. The number of tetrazole rings is 1. The molecule has 1 amide bonds. The second-order valence-electron chi connectivity index (χ2n) is 8.97. The predicted molar refractivity (Wildman–Crippen MR) is 127 cm³/mol. The van der Waals surface area contributed by atoms with Crippen molar-refractivity contribution in [2.24, 2.45) is 0 Å². The van der Waals surface area contributed by atoms with Gasteiger partial charge >= 0.3 is 0 Å². The number of rotatable bonds is 7. The summed E-state index contributed by atoms with van der Waals surface area (Å²) in [5.41, 5.74) is 3.21. The topological polar surface area (TPSA) is 94.4 Å². The van der Waals surface area contributed by atoms with Crippen LogP contribution < -0.4 is 10.1 Å². The molecule has 3 aromatic rings. The molecule has 0 spiro atoms. The van der Waals surface area contributed by atoms with Gasteiger partial charge in [-0.1, -0.05) is 25.0 Å². The molecule has 0 atom stereocenters. The average molecular weight is 463 g/mol. The Balaban J connectivity index is 1.41. The summed E-state index contributed by atoms with van der Waals surface area (Å²) in [5.74, 6) is 0.688. The molecule has 2 aromatic carbocycles. The van der Waals surface area contributed by atoms with Crippen LogP contribution in [0.25, 0.3) is 16.8 Å². The number of amides is 1. The largest absolute Gasteiger partial charge is 0.497 e. The fourth-order valence-electron chi connectivity index (χ4n) is 5.13. The number of carbonyl (C=O) groups is 1. The van der Waals surface area contributed by atoms with Crippen molar-refractivity contribution >= 4 is 5.91 Å². The Kier molecular flexibility index (Phi) is 6.55. The molecule has 0 unspecified atom stereocenters. The molecule has 9 heteroatoms. The lowest BCUT2D eigenvalue weighted by Gasteiger charge is -2.43. The lowest BCUT2D eigenvalue weighted by Crippen LogP contribution is -2.57. The van der Waals surface area contributed by atoms with Gasteiger partial charge in [0.25, 0.3) is 5.91 Å². The van der Waals surface area contributed by atoms with Crippen LogP contribution in [-0.2, 0) is 4.74 Å². The first-order valence-corrected chi connectivity index (χ1v) is 11.8. The highest BCUT2D eigenvalue weighted by Crippen LogP contribution is 2.35. The summed E-state index contributed by atoms with van der Waals surface area (Å²) in [5, 5.41) is 14.8. The monoisotopic (exact) mass is 462 g/mol. The molecule has 0 bridgehead atoms. The van der Waals surface area contributed by atoms with Gasteiger partial charge in [0.1, 0.15) is 12.1 Å². The van der Waals surface area contributed by atoms with E-state index in [4.69, 9.17) is 9.47 Å². The van der Waals surface area contributed by atoms with Crippen LogP contribution in [0.1, 0.15) is 36.0 Å². The lowest BCUT2D eigenvalue weighted by atomic mass is 9.94. The van der Waals surface area contributed by atoms with E-state index in [2.05, 4.69) is 25.7 Å². The standard InChI is InChI=1S/C25H30N6O3/c1-33-23-6-4-19(5-7-23)20-14-21(16-22(15-20)31-18-27-28-29-31)24(32)26-17-25(8-2-3-9-25)30-10-12-34-13-11-30/h4-7,14-16,18H,2-3,8-13,17H2,1H3,(H,26,32). The molecule has 5 rings (SSSR count). The van der Waals surface area contributed by atoms with E-state index in [1.54, 1.807) is 11.8 Å². The number of hydrogen-bond donors (Lipinski definition) is 1. The molecule has 1 aliphatic heterocycles. The van der Waals surface area contributed by atoms with E-state index in [0.29, 0.717) is 12.1 Å². The van der Waals surface area contributed by atoms with E-state index in [1.165, 1.54) is 19.2 Å². The van der Waals surface area contributed by atoms with E-state index < -0.39 is 0 Å². The summed E-state index contributed by atoms with van der Waals surface area (Å²) in [6.07, 6.45) is 6.14. The van der Waals surface area contributed by atoms with Crippen LogP contribution in [-0.4, -0.2) is 76.5 Å². The van der Waals surface area contributed by atoms with Gasteiger partial charge in [-0.25, -0.2) is 4.68 Å². The Morgan fingerprint density at radius 3 is 2.53 bits per heavy atom. The highest BCUT2D eigenvalue weighted by atomic mass is 16.5. The van der Waals surface area contributed by atoms with Gasteiger partial charge in [0, 0.05) is 30.7 Å². The molecule has 2 aliphatic rings. The lowest BCUT2D eigenvalue weighted by molar-refractivity contribution is -0.0199. The van der Waals surface area contributed by atoms with Gasteiger partial charge in [0.05, 0.1) is 26.0 Å². The third kappa shape index (κ3) is 4.67. The maximum absolute atomic E-state index is 13.4. The number of aromatic nitrogens is 4. The number of benzene rings is 2. The Hall–Kier alpha value is -3.30. The predicted octanol–water partition coefficient (Wildman–Crippen LogP) is 2.71. The van der Waals surface area contributed by atoms with Crippen molar-refractivity contribution in [2.45, 2.75) is 31.2 Å². The summed E-state index contributed by atoms with van der Waals surface area (Å²) >= 11 is 0. The van der Waals surface area contributed by atoms with Gasteiger partial charge in [0.15, 0.2) is 0 Å². The van der Waals surface area contributed by atoms with Crippen molar-refractivity contribution in [3.05, 3.63) is 54.4 Å². The van der Waals surface area contributed by atoms with Crippen LogP contribution >= 0.6 is 0 Å². The summed E-state index contributed by atoms with van der Waals surface area (Å²) < 4.78 is 12.4. The van der Waals surface area contributed by atoms with Gasteiger partial charge in [0.2, 0.25) is 0 Å². The molecule has 9 nitrogen and oxygen atoms in total. The molecule has 0 radical (unpaired) electrons. The Morgan fingerprint density at radius 2 is 1.85 bits per heavy atom. The van der Waals surface area contributed by atoms with Crippen LogP contribution in [0.4, 0.5) is 0 Å². The van der Waals surface area contributed by atoms with Crippen molar-refractivity contribution in [1.82, 2.24) is 30.4 Å². The van der Waals surface area contributed by atoms with Crippen LogP contribution in [0, 0.1) is 0 Å². The number of hydrogen-bond acceptors (Lipinski definition) is 7. The minimum atomic E-state index is -0.0933. The maximum Gasteiger partial charge on any atom is 0.251 e. The minimum absolute atomic E-state index is 0.0195. The zero-order valence-electron chi connectivity index (χ0n) is 19.4. The molecular formula is C25H30N6O3. The Labute approximate surface area is 199 Å². The molecular weight excluding hydrogens is 432 g/mol. The second kappa shape index (κ2) is 9.90. The van der Waals surface area contributed by atoms with E-state index in [-0.39, 0.29) is 11.4 Å². The van der Waals surface area contributed by atoms with Gasteiger partial charge in [-0.3, -0.25) is 9.69 Å². The molecule has 1 aliphatic carbocycles. The SMILES string of the molecule is COc1ccc(-c2cc(C(=O)NCC3(N4CCOCC4)CCCC3)cc(-n3cnnn3)c2)cc1. The normalized spacial score (nSPS) is 18.0. The molecule has 2 heterocycles. The van der Waals surface area contributed by atoms with E-state index in [9.17, 15) is 4.79 Å². The van der Waals surface area contributed by atoms with Gasteiger partial charge in [-0.15, -0.1) is 5.10 Å². The Bertz CT molecular complexity index is 1100. The van der Waals surface area contributed by atoms with Crippen LogP contribution in [0.5, 0.6) is 5.75 Å². The van der Waals surface area contributed by atoms with Crippen molar-refractivity contribution in [1.29, 1.82) is 0 Å². The number of carbonyl (C=O) groups excluding carboxylic acids is 1. The first kappa shape index (κ1) is 22.5. The van der Waals surface area contributed by atoms with Gasteiger partial charge in [-0.05, 0) is 64.7 Å². The molecule has 1 N–H and O–H groups in total. The van der Waals surface area contributed by atoms with Crippen molar-refractivity contribution in [3.63, 3.8) is 0 Å². The fourth-order valence-corrected chi connectivity index (χ4v) is 5.13. The number of morpholine rings is 1. The third-order valence-electron chi connectivity index (χ3n) is 7.01. The van der Waals surface area contributed by atoms with E-state index in [1.807, 2.05) is 42.5 Å². The zero-order valence-corrected chi connectivity index (χ0v) is 19.4. The van der Waals surface area contributed by atoms with Crippen molar-refractivity contribution in [3.8, 4) is 22.6 Å². The number of nitrogens with one attached hydrogen (secondary N) is 1. The fraction of sp³-hybridized carbons (Fsp3) is 0.440. The minimum Gasteiger partial charge on any atom is -0.497 e. The number of ether oxygens (including phenoxy) is 2. The van der Waals surface area contributed by atoms with Gasteiger partial charge in [-0.2, -0.15) is 0 Å². The maximum atomic E-state index is 13.4. The van der Waals surface area contributed by atoms with E-state index in [0.717, 1.165) is 61.7 Å². The van der Waals surface area contributed by atoms with Crippen LogP contribution in [0.3, 0.4) is 0 Å². The summed E-state index contributed by atoms with van der Waals surface area (Å²) in [6.45, 7) is 4.00. The summed E-state index contributed by atoms with van der Waals surface area (Å²) in [7, 11) is 1.64. The van der Waals surface area contributed by atoms with Crippen molar-refractivity contribution < 1.29 is 14.3 Å². The molecule has 178 valence electrons. The van der Waals surface area contributed by atoms with Crippen molar-refractivity contribution in [2.75, 3.05) is 40.0 Å². The molecule has 1 saturated carbocycles. The van der Waals surface area contributed by atoms with E-state index >= 15 is 0 Å². The third-order valence-corrected chi connectivity index (χ3v) is 7.01. The smallest absolute Gasteiger partial charge is 0.251 e. The second-order valence-corrected chi connectivity index (χ2v) is 8.97. The van der Waals surface area contributed by atoms with Gasteiger partial charge < -0.3 is 14.8 Å². The molecule has 1 aromatic heterocycles. The zero-order chi connectivity index (χ0) is 23.4. The summed E-state index contributed by atoms with van der Waals surface area (Å²) in [4.78, 5) is 15.9. The Morgan fingerprint density at radius 1 is 1.09 bits per heavy atom. The average Bonchev–Trinajstić information content (AvgIpc) is 3.61.